The number of para-hydroxylation sites is 1. The van der Waals surface area contributed by atoms with Gasteiger partial charge in [-0.2, -0.15) is 0 Å². The summed E-state index contributed by atoms with van der Waals surface area (Å²) in [5.41, 5.74) is 1.35. The average molecular weight is 450 g/mol. The summed E-state index contributed by atoms with van der Waals surface area (Å²) < 4.78 is 32.7. The van der Waals surface area contributed by atoms with Crippen LogP contribution in [0.1, 0.15) is 26.3 Å². The predicted molar refractivity (Wildman–Crippen MR) is 120 cm³/mol. The Labute approximate surface area is 184 Å². The molecular weight excluding hydrogens is 418 g/mol. The van der Waals surface area contributed by atoms with Crippen molar-refractivity contribution in [2.45, 2.75) is 38.8 Å². The van der Waals surface area contributed by atoms with Crippen LogP contribution in [0.2, 0.25) is 0 Å². The number of rotatable bonds is 4. The Bertz CT molecular complexity index is 972. The lowest BCUT2D eigenvalue weighted by atomic mass is 10.2. The van der Waals surface area contributed by atoms with Gasteiger partial charge in [0.15, 0.2) is 5.96 Å². The topological polar surface area (TPSA) is 94.5 Å². The summed E-state index contributed by atoms with van der Waals surface area (Å²) in [6.45, 7) is 8.68. The number of aliphatic imine (C=N–C) groups is 1. The highest BCUT2D eigenvalue weighted by molar-refractivity contribution is 7.92. The second-order valence-electron chi connectivity index (χ2n) is 9.13. The van der Waals surface area contributed by atoms with Gasteiger partial charge in [-0.25, -0.2) is 13.2 Å². The van der Waals surface area contributed by atoms with Crippen molar-refractivity contribution in [3.63, 3.8) is 0 Å². The molecule has 3 heterocycles. The molecule has 10 heteroatoms. The van der Waals surface area contributed by atoms with E-state index in [1.807, 2.05) is 45.0 Å². The largest absolute Gasteiger partial charge is 0.444 e. The lowest BCUT2D eigenvalue weighted by Crippen LogP contribution is -2.57. The van der Waals surface area contributed by atoms with E-state index < -0.39 is 15.6 Å². The van der Waals surface area contributed by atoms with E-state index in [0.29, 0.717) is 45.2 Å². The average Bonchev–Trinajstić information content (AvgIpc) is 3.31. The third-order valence-electron chi connectivity index (χ3n) is 5.68. The number of guanidine groups is 1. The van der Waals surface area contributed by atoms with E-state index in [-0.39, 0.29) is 17.9 Å². The van der Waals surface area contributed by atoms with Crippen LogP contribution in [-0.4, -0.2) is 86.9 Å². The third-order valence-corrected chi connectivity index (χ3v) is 7.45. The van der Waals surface area contributed by atoms with Gasteiger partial charge >= 0.3 is 6.09 Å². The molecule has 170 valence electrons. The van der Waals surface area contributed by atoms with E-state index in [9.17, 15) is 13.2 Å². The van der Waals surface area contributed by atoms with Crippen LogP contribution >= 0.6 is 0 Å². The highest BCUT2D eigenvalue weighted by atomic mass is 32.2. The molecule has 0 bridgehead atoms. The van der Waals surface area contributed by atoms with Crippen LogP contribution in [0.5, 0.6) is 0 Å². The molecule has 9 nitrogen and oxygen atoms in total. The van der Waals surface area contributed by atoms with E-state index >= 15 is 0 Å². The summed E-state index contributed by atoms with van der Waals surface area (Å²) in [4.78, 5) is 20.7. The number of ether oxygens (including phenoxy) is 1. The summed E-state index contributed by atoms with van der Waals surface area (Å²) in [7, 11) is -3.40. The van der Waals surface area contributed by atoms with Gasteiger partial charge in [0.25, 0.3) is 0 Å². The number of hydrogen-bond donors (Lipinski definition) is 1. The maximum atomic E-state index is 12.9. The Morgan fingerprint density at radius 2 is 2.00 bits per heavy atom. The molecule has 0 spiro atoms. The maximum absolute atomic E-state index is 12.9. The van der Waals surface area contributed by atoms with Crippen molar-refractivity contribution in [3.8, 4) is 0 Å². The van der Waals surface area contributed by atoms with Gasteiger partial charge in [-0.05, 0) is 38.8 Å². The Morgan fingerprint density at radius 1 is 1.23 bits per heavy atom. The Morgan fingerprint density at radius 3 is 2.77 bits per heavy atom. The number of fused-ring (bicyclic) bond motifs is 2. The zero-order valence-electron chi connectivity index (χ0n) is 18.4. The lowest BCUT2D eigenvalue weighted by molar-refractivity contribution is 0.0137. The van der Waals surface area contributed by atoms with Crippen LogP contribution in [0, 0.1) is 0 Å². The number of piperazine rings is 1. The summed E-state index contributed by atoms with van der Waals surface area (Å²) in [5, 5.41) is 3.20. The number of hydrogen-bond acceptors (Lipinski definition) is 7. The second kappa shape index (κ2) is 8.22. The molecule has 1 fully saturated rings. The van der Waals surface area contributed by atoms with E-state index in [1.165, 1.54) is 4.31 Å². The van der Waals surface area contributed by atoms with Crippen molar-refractivity contribution in [3.05, 3.63) is 29.8 Å². The normalized spacial score (nSPS) is 20.9. The maximum Gasteiger partial charge on any atom is 0.410 e. The quantitative estimate of drug-likeness (QED) is 0.744. The van der Waals surface area contributed by atoms with Crippen molar-refractivity contribution in [2.24, 2.45) is 4.99 Å². The summed E-state index contributed by atoms with van der Waals surface area (Å²) in [6.07, 6.45) is 0.449. The van der Waals surface area contributed by atoms with Crippen molar-refractivity contribution in [2.75, 3.05) is 49.3 Å². The number of nitrogens with zero attached hydrogens (tertiary/aromatic N) is 4. The van der Waals surface area contributed by atoms with Crippen molar-refractivity contribution >= 4 is 27.8 Å². The first kappa shape index (κ1) is 21.7. The summed E-state index contributed by atoms with van der Waals surface area (Å²) >= 11 is 0. The monoisotopic (exact) mass is 449 g/mol. The van der Waals surface area contributed by atoms with Crippen LogP contribution in [-0.2, 0) is 21.2 Å². The molecule has 31 heavy (non-hydrogen) atoms. The number of benzene rings is 1. The number of nitrogens with one attached hydrogen (secondary N) is 1. The number of anilines is 1. The van der Waals surface area contributed by atoms with Crippen LogP contribution in [0.15, 0.2) is 29.3 Å². The van der Waals surface area contributed by atoms with Crippen LogP contribution in [0.3, 0.4) is 0 Å². The van der Waals surface area contributed by atoms with E-state index in [0.717, 1.165) is 17.7 Å². The number of sulfonamides is 1. The van der Waals surface area contributed by atoms with Crippen molar-refractivity contribution in [1.29, 1.82) is 0 Å². The summed E-state index contributed by atoms with van der Waals surface area (Å²) in [5.74, 6) is 0.717. The van der Waals surface area contributed by atoms with Gasteiger partial charge in [0.2, 0.25) is 10.0 Å². The van der Waals surface area contributed by atoms with Gasteiger partial charge in [0, 0.05) is 32.7 Å². The number of amides is 1. The van der Waals surface area contributed by atoms with E-state index in [2.05, 4.69) is 15.2 Å². The fraction of sp³-hybridized carbons (Fsp3) is 0.619. The van der Waals surface area contributed by atoms with Gasteiger partial charge in [-0.3, -0.25) is 9.30 Å². The second-order valence-corrected chi connectivity index (χ2v) is 11.1. The molecule has 1 aromatic carbocycles. The van der Waals surface area contributed by atoms with E-state index in [1.54, 1.807) is 4.90 Å². The molecule has 0 aliphatic carbocycles. The molecule has 1 unspecified atom stereocenters. The smallest absolute Gasteiger partial charge is 0.410 e. The molecule has 1 amide bonds. The molecule has 0 radical (unpaired) electrons. The zero-order chi connectivity index (χ0) is 22.2. The molecule has 0 saturated carbocycles. The highest BCUT2D eigenvalue weighted by Gasteiger charge is 2.36. The first-order valence-corrected chi connectivity index (χ1v) is 12.4. The Balaban J connectivity index is 1.28. The standard InChI is InChI=1S/C21H31N5O4S/c1-21(2,3)30-20(27)24-11-12-25-17(15-24)14-23-19(25)22-9-13-31(28,29)26-10-8-16-6-4-5-7-18(16)26/h4-7,17H,8-15H2,1-3H3,(H,22,23). The lowest BCUT2D eigenvalue weighted by Gasteiger charge is -2.39. The van der Waals surface area contributed by atoms with Gasteiger partial charge in [-0.1, -0.05) is 18.2 Å². The zero-order valence-corrected chi connectivity index (χ0v) is 19.2. The van der Waals surface area contributed by atoms with Crippen LogP contribution in [0.4, 0.5) is 10.5 Å². The molecule has 1 saturated heterocycles. The summed E-state index contributed by atoms with van der Waals surface area (Å²) in [6, 6.07) is 7.74. The Kier molecular flexibility index (Phi) is 5.76. The molecule has 0 aromatic heterocycles. The Hall–Kier alpha value is -2.49. The van der Waals surface area contributed by atoms with Gasteiger partial charge < -0.3 is 19.9 Å². The van der Waals surface area contributed by atoms with Crippen LogP contribution < -0.4 is 9.62 Å². The SMILES string of the molecule is CC(C)(C)OC(=O)N1CCN2C(NCCS(=O)(=O)N3CCc4ccccc43)=NCC2C1. The number of carbonyl (C=O) groups excluding carboxylic acids is 1. The van der Waals surface area contributed by atoms with Crippen molar-refractivity contribution < 1.29 is 17.9 Å². The minimum absolute atomic E-state index is 0.00287. The molecule has 1 N–H and O–H groups in total. The van der Waals surface area contributed by atoms with Gasteiger partial charge in [-0.15, -0.1) is 0 Å². The fourth-order valence-corrected chi connectivity index (χ4v) is 5.65. The minimum Gasteiger partial charge on any atom is -0.444 e. The first-order valence-electron chi connectivity index (χ1n) is 10.8. The number of carbonyl (C=O) groups is 1. The third kappa shape index (κ3) is 4.73. The first-order chi connectivity index (χ1) is 14.6. The molecular formula is C21H31N5O4S. The predicted octanol–water partition coefficient (Wildman–Crippen LogP) is 1.26. The molecule has 3 aliphatic heterocycles. The fourth-order valence-electron chi connectivity index (χ4n) is 4.22. The van der Waals surface area contributed by atoms with Crippen molar-refractivity contribution in [1.82, 2.24) is 15.1 Å². The molecule has 1 aromatic rings. The molecule has 1 atom stereocenters. The highest BCUT2D eigenvalue weighted by Crippen LogP contribution is 2.29. The molecule has 3 aliphatic rings. The van der Waals surface area contributed by atoms with Gasteiger partial charge in [0.05, 0.1) is 24.0 Å². The van der Waals surface area contributed by atoms with Gasteiger partial charge in [0.1, 0.15) is 5.60 Å². The molecule has 4 rings (SSSR count). The van der Waals surface area contributed by atoms with Crippen LogP contribution in [0.25, 0.3) is 0 Å². The van der Waals surface area contributed by atoms with E-state index in [4.69, 9.17) is 4.74 Å². The minimum atomic E-state index is -3.40.